The highest BCUT2D eigenvalue weighted by molar-refractivity contribution is 5.82. The minimum atomic E-state index is -0.453. The molecule has 1 fully saturated rings. The van der Waals surface area contributed by atoms with Gasteiger partial charge in [0.15, 0.2) is 5.96 Å². The predicted octanol–water partition coefficient (Wildman–Crippen LogP) is 1.45. The van der Waals surface area contributed by atoms with Gasteiger partial charge >= 0.3 is 6.09 Å². The molecule has 0 spiro atoms. The number of piperazine rings is 1. The molecule has 1 N–H and O–H groups in total. The molecular weight excluding hydrogens is 318 g/mol. The molecule has 7 heteroatoms. The van der Waals surface area contributed by atoms with E-state index in [1.165, 1.54) is 0 Å². The summed E-state index contributed by atoms with van der Waals surface area (Å²) in [5.74, 6) is 0.973. The van der Waals surface area contributed by atoms with E-state index in [0.29, 0.717) is 13.1 Å². The number of fused-ring (bicyclic) bond motifs is 1. The number of aliphatic imine (C=N–C) groups is 1. The number of carbonyl (C=O) groups excluding carboxylic acids is 1. The largest absolute Gasteiger partial charge is 0.444 e. The zero-order valence-electron chi connectivity index (χ0n) is 16.9. The Hall–Kier alpha value is -1.50. The summed E-state index contributed by atoms with van der Waals surface area (Å²) in [5, 5.41) is 3.52. The Balaban J connectivity index is 1.85. The third-order valence-corrected chi connectivity index (χ3v) is 4.33. The molecule has 1 saturated heterocycles. The molecule has 2 rings (SSSR count). The summed E-state index contributed by atoms with van der Waals surface area (Å²) < 4.78 is 5.49. The third kappa shape index (κ3) is 5.76. The number of rotatable bonds is 4. The molecule has 0 bridgehead atoms. The summed E-state index contributed by atoms with van der Waals surface area (Å²) in [6.45, 7) is 15.0. The standard InChI is InChI=1S/C18H35N5O2/c1-17(2,3)25-16(24)22-8-9-23-14(11-22)10-19-15(23)20-12-18(4,5)13-21(6)7/h14H,8-13H2,1-7H3,(H,19,20). The van der Waals surface area contributed by atoms with Gasteiger partial charge in [-0.25, -0.2) is 4.79 Å². The van der Waals surface area contributed by atoms with Gasteiger partial charge in [-0.15, -0.1) is 0 Å². The molecule has 0 aliphatic carbocycles. The van der Waals surface area contributed by atoms with E-state index >= 15 is 0 Å². The van der Waals surface area contributed by atoms with Crippen LogP contribution in [0.3, 0.4) is 0 Å². The number of hydrogen-bond donors (Lipinski definition) is 1. The van der Waals surface area contributed by atoms with Crippen LogP contribution in [0.5, 0.6) is 0 Å². The highest BCUT2D eigenvalue weighted by Gasteiger charge is 2.36. The fourth-order valence-electron chi connectivity index (χ4n) is 3.45. The monoisotopic (exact) mass is 353 g/mol. The van der Waals surface area contributed by atoms with Crippen LogP contribution in [-0.2, 0) is 4.74 Å². The summed E-state index contributed by atoms with van der Waals surface area (Å²) in [6.07, 6.45) is -0.222. The second-order valence-electron chi connectivity index (χ2n) is 9.19. The minimum absolute atomic E-state index is 0.169. The van der Waals surface area contributed by atoms with E-state index < -0.39 is 5.60 Å². The van der Waals surface area contributed by atoms with Gasteiger partial charge in [-0.3, -0.25) is 4.99 Å². The van der Waals surface area contributed by atoms with E-state index in [0.717, 1.165) is 32.1 Å². The first-order valence-corrected chi connectivity index (χ1v) is 9.14. The lowest BCUT2D eigenvalue weighted by atomic mass is 9.93. The second-order valence-corrected chi connectivity index (χ2v) is 9.19. The van der Waals surface area contributed by atoms with Crippen molar-refractivity contribution < 1.29 is 9.53 Å². The number of nitrogens with one attached hydrogen (secondary N) is 1. The summed E-state index contributed by atoms with van der Waals surface area (Å²) in [6, 6.07) is 0.251. The molecule has 144 valence electrons. The number of guanidine groups is 1. The van der Waals surface area contributed by atoms with Crippen LogP contribution in [0.1, 0.15) is 34.6 Å². The molecule has 2 aliphatic heterocycles. The number of nitrogens with zero attached hydrogens (tertiary/aromatic N) is 4. The first-order valence-electron chi connectivity index (χ1n) is 9.14. The fraction of sp³-hybridized carbons (Fsp3) is 0.889. The number of amides is 1. The molecule has 1 atom stereocenters. The van der Waals surface area contributed by atoms with Crippen LogP contribution in [0.25, 0.3) is 0 Å². The van der Waals surface area contributed by atoms with Crippen molar-refractivity contribution in [2.75, 3.05) is 53.4 Å². The van der Waals surface area contributed by atoms with Crippen molar-refractivity contribution in [3.05, 3.63) is 0 Å². The molecular formula is C18H35N5O2. The molecule has 0 aromatic rings. The van der Waals surface area contributed by atoms with E-state index in [4.69, 9.17) is 4.74 Å². The van der Waals surface area contributed by atoms with Gasteiger partial charge in [0.1, 0.15) is 5.60 Å². The lowest BCUT2D eigenvalue weighted by molar-refractivity contribution is 0.0137. The Bertz CT molecular complexity index is 510. The molecule has 0 aromatic heterocycles. The van der Waals surface area contributed by atoms with Crippen molar-refractivity contribution in [1.29, 1.82) is 0 Å². The lowest BCUT2D eigenvalue weighted by Crippen LogP contribution is -2.58. The van der Waals surface area contributed by atoms with Crippen molar-refractivity contribution in [2.45, 2.75) is 46.3 Å². The Morgan fingerprint density at radius 2 is 1.96 bits per heavy atom. The van der Waals surface area contributed by atoms with Crippen LogP contribution >= 0.6 is 0 Å². The van der Waals surface area contributed by atoms with Crippen LogP contribution in [0.2, 0.25) is 0 Å². The summed E-state index contributed by atoms with van der Waals surface area (Å²) in [4.78, 5) is 23.3. The predicted molar refractivity (Wildman–Crippen MR) is 101 cm³/mol. The van der Waals surface area contributed by atoms with Crippen molar-refractivity contribution in [3.8, 4) is 0 Å². The molecule has 0 aromatic carbocycles. The van der Waals surface area contributed by atoms with Crippen LogP contribution in [-0.4, -0.2) is 91.8 Å². The molecule has 2 heterocycles. The third-order valence-electron chi connectivity index (χ3n) is 4.33. The maximum atomic E-state index is 12.3. The van der Waals surface area contributed by atoms with E-state index in [1.807, 2.05) is 20.8 Å². The molecule has 1 unspecified atom stereocenters. The Kier molecular flexibility index (Phi) is 5.86. The average molecular weight is 354 g/mol. The van der Waals surface area contributed by atoms with Crippen LogP contribution in [0.4, 0.5) is 4.79 Å². The van der Waals surface area contributed by atoms with Gasteiger partial charge in [0, 0.05) is 32.7 Å². The van der Waals surface area contributed by atoms with Gasteiger partial charge in [-0.2, -0.15) is 0 Å². The first kappa shape index (κ1) is 19.8. The van der Waals surface area contributed by atoms with Gasteiger partial charge in [0.2, 0.25) is 0 Å². The normalized spacial score (nSPS) is 21.3. The molecule has 0 saturated carbocycles. The summed E-state index contributed by atoms with van der Waals surface area (Å²) in [5.41, 5.74) is -0.284. The topological polar surface area (TPSA) is 60.4 Å². The minimum Gasteiger partial charge on any atom is -0.444 e. The zero-order valence-corrected chi connectivity index (χ0v) is 16.9. The highest BCUT2D eigenvalue weighted by atomic mass is 16.6. The van der Waals surface area contributed by atoms with E-state index in [9.17, 15) is 4.79 Å². The van der Waals surface area contributed by atoms with Crippen LogP contribution < -0.4 is 5.32 Å². The maximum absolute atomic E-state index is 12.3. The Morgan fingerprint density at radius 3 is 2.56 bits per heavy atom. The number of ether oxygens (including phenoxy) is 1. The maximum Gasteiger partial charge on any atom is 0.410 e. The Labute approximate surface area is 152 Å². The van der Waals surface area contributed by atoms with E-state index in [-0.39, 0.29) is 17.6 Å². The van der Waals surface area contributed by atoms with Crippen molar-refractivity contribution in [3.63, 3.8) is 0 Å². The first-order chi connectivity index (χ1) is 11.5. The van der Waals surface area contributed by atoms with Gasteiger partial charge in [-0.1, -0.05) is 13.8 Å². The zero-order chi connectivity index (χ0) is 18.8. The van der Waals surface area contributed by atoms with Crippen LogP contribution in [0.15, 0.2) is 4.99 Å². The average Bonchev–Trinajstić information content (AvgIpc) is 2.84. The fourth-order valence-corrected chi connectivity index (χ4v) is 3.45. The second kappa shape index (κ2) is 7.40. The van der Waals surface area contributed by atoms with Crippen LogP contribution in [0, 0.1) is 5.41 Å². The van der Waals surface area contributed by atoms with Crippen molar-refractivity contribution in [2.24, 2.45) is 10.4 Å². The van der Waals surface area contributed by atoms with Gasteiger partial charge in [0.25, 0.3) is 0 Å². The molecule has 7 nitrogen and oxygen atoms in total. The quantitative estimate of drug-likeness (QED) is 0.829. The van der Waals surface area contributed by atoms with Gasteiger partial charge < -0.3 is 24.8 Å². The highest BCUT2D eigenvalue weighted by Crippen LogP contribution is 2.20. The number of carbonyl (C=O) groups is 1. The molecule has 1 amide bonds. The number of hydrogen-bond acceptors (Lipinski definition) is 6. The van der Waals surface area contributed by atoms with Gasteiger partial charge in [-0.05, 0) is 40.3 Å². The van der Waals surface area contributed by atoms with E-state index in [1.54, 1.807) is 4.90 Å². The smallest absolute Gasteiger partial charge is 0.410 e. The molecule has 25 heavy (non-hydrogen) atoms. The Morgan fingerprint density at radius 1 is 1.28 bits per heavy atom. The summed E-state index contributed by atoms with van der Waals surface area (Å²) in [7, 11) is 4.20. The molecule has 2 aliphatic rings. The SMILES string of the molecule is CN(C)CC(C)(C)CNC1=NCC2CN(C(=O)OC(C)(C)C)CCN12. The lowest BCUT2D eigenvalue weighted by Gasteiger charge is -2.39. The van der Waals surface area contributed by atoms with Crippen molar-refractivity contribution in [1.82, 2.24) is 20.0 Å². The van der Waals surface area contributed by atoms with Gasteiger partial charge in [0.05, 0.1) is 12.6 Å². The van der Waals surface area contributed by atoms with E-state index in [2.05, 4.69) is 48.1 Å². The summed E-state index contributed by atoms with van der Waals surface area (Å²) >= 11 is 0. The molecule has 0 radical (unpaired) electrons. The van der Waals surface area contributed by atoms with Crippen molar-refractivity contribution >= 4 is 12.1 Å².